The molecule has 3 N–H and O–H groups in total. The van der Waals surface area contributed by atoms with Crippen LogP contribution in [0.2, 0.25) is 0 Å². The number of ether oxygens (including phenoxy) is 2. The second-order valence-corrected chi connectivity index (χ2v) is 7.20. The van der Waals surface area contributed by atoms with Gasteiger partial charge in [0, 0.05) is 23.2 Å². The molecule has 0 amide bonds. The predicted molar refractivity (Wildman–Crippen MR) is 104 cm³/mol. The molecule has 0 bridgehead atoms. The fourth-order valence-electron chi connectivity index (χ4n) is 3.51. The zero-order chi connectivity index (χ0) is 18.4. The summed E-state index contributed by atoms with van der Waals surface area (Å²) in [4.78, 5) is 8.70. The molecular weight excluding hydrogens is 340 g/mol. The highest BCUT2D eigenvalue weighted by Crippen LogP contribution is 2.58. The van der Waals surface area contributed by atoms with E-state index in [9.17, 15) is 0 Å². The van der Waals surface area contributed by atoms with E-state index >= 15 is 0 Å². The topological polar surface area (TPSA) is 82.3 Å². The number of nitrogens with two attached hydrogens (primary N) is 1. The minimum atomic E-state index is 0.155. The minimum absolute atomic E-state index is 0.155. The maximum atomic E-state index is 6.09. The number of hydrogen-bond donors (Lipinski definition) is 2. The van der Waals surface area contributed by atoms with E-state index in [1.165, 1.54) is 5.56 Å². The van der Waals surface area contributed by atoms with Gasteiger partial charge in [0.1, 0.15) is 11.5 Å². The molecule has 1 aliphatic carbocycles. The lowest BCUT2D eigenvalue weighted by molar-refractivity contribution is 0.323. The monoisotopic (exact) mass is 360 g/mol. The molecule has 0 saturated heterocycles. The average Bonchev–Trinajstić information content (AvgIpc) is 3.36. The SMILES string of the molecule is Cc1ccnc(Nc2ccc(Oc3cccc4c3C3(CC3)CO4)nc2)c1N. The summed E-state index contributed by atoms with van der Waals surface area (Å²) in [6.45, 7) is 2.70. The number of rotatable bonds is 4. The van der Waals surface area contributed by atoms with Crippen LogP contribution < -0.4 is 20.5 Å². The Morgan fingerprint density at radius 1 is 1.15 bits per heavy atom. The molecule has 3 aromatic rings. The molecule has 2 aromatic heterocycles. The van der Waals surface area contributed by atoms with Gasteiger partial charge in [0.25, 0.3) is 0 Å². The van der Waals surface area contributed by atoms with Gasteiger partial charge >= 0.3 is 0 Å². The Morgan fingerprint density at radius 2 is 2.04 bits per heavy atom. The van der Waals surface area contributed by atoms with Crippen LogP contribution >= 0.6 is 0 Å². The van der Waals surface area contributed by atoms with Gasteiger partial charge in [-0.2, -0.15) is 0 Å². The van der Waals surface area contributed by atoms with Gasteiger partial charge in [-0.25, -0.2) is 9.97 Å². The second kappa shape index (κ2) is 5.87. The van der Waals surface area contributed by atoms with Gasteiger partial charge in [-0.15, -0.1) is 0 Å². The van der Waals surface area contributed by atoms with Crippen LogP contribution in [0.5, 0.6) is 17.4 Å². The molecule has 1 fully saturated rings. The van der Waals surface area contributed by atoms with Crippen molar-refractivity contribution >= 4 is 17.2 Å². The summed E-state index contributed by atoms with van der Waals surface area (Å²) < 4.78 is 11.9. The Balaban J connectivity index is 1.37. The quantitative estimate of drug-likeness (QED) is 0.721. The molecule has 1 aliphatic heterocycles. The van der Waals surface area contributed by atoms with Crippen LogP contribution in [0.25, 0.3) is 0 Å². The molecule has 0 unspecified atom stereocenters. The summed E-state index contributed by atoms with van der Waals surface area (Å²) >= 11 is 0. The molecule has 1 saturated carbocycles. The van der Waals surface area contributed by atoms with E-state index in [4.69, 9.17) is 15.2 Å². The number of anilines is 3. The van der Waals surface area contributed by atoms with Crippen molar-refractivity contribution in [1.29, 1.82) is 0 Å². The van der Waals surface area contributed by atoms with E-state index < -0.39 is 0 Å². The van der Waals surface area contributed by atoms with Gasteiger partial charge in [-0.3, -0.25) is 0 Å². The molecule has 2 aliphatic rings. The van der Waals surface area contributed by atoms with E-state index in [0.29, 0.717) is 17.4 Å². The van der Waals surface area contributed by atoms with Crippen LogP contribution in [0.1, 0.15) is 24.0 Å². The van der Waals surface area contributed by atoms with Crippen LogP contribution in [0.4, 0.5) is 17.2 Å². The van der Waals surface area contributed by atoms with Gasteiger partial charge in [0.05, 0.1) is 24.2 Å². The average molecular weight is 360 g/mol. The Bertz CT molecular complexity index is 1010. The van der Waals surface area contributed by atoms with E-state index in [1.54, 1.807) is 12.4 Å². The van der Waals surface area contributed by atoms with Crippen molar-refractivity contribution in [2.45, 2.75) is 25.2 Å². The maximum Gasteiger partial charge on any atom is 0.219 e. The second-order valence-electron chi connectivity index (χ2n) is 7.20. The predicted octanol–water partition coefficient (Wildman–Crippen LogP) is 4.33. The molecular formula is C21H20N4O2. The Morgan fingerprint density at radius 3 is 2.81 bits per heavy atom. The van der Waals surface area contributed by atoms with Gasteiger partial charge in [0.2, 0.25) is 5.88 Å². The van der Waals surface area contributed by atoms with Crippen molar-refractivity contribution in [2.75, 3.05) is 17.7 Å². The molecule has 1 spiro atoms. The Labute approximate surface area is 157 Å². The van der Waals surface area contributed by atoms with Crippen molar-refractivity contribution in [3.8, 4) is 17.4 Å². The third kappa shape index (κ3) is 2.73. The fourth-order valence-corrected chi connectivity index (χ4v) is 3.51. The Kier molecular flexibility index (Phi) is 3.47. The number of aromatic nitrogens is 2. The first-order valence-corrected chi connectivity index (χ1v) is 9.03. The van der Waals surface area contributed by atoms with Crippen molar-refractivity contribution in [1.82, 2.24) is 9.97 Å². The zero-order valence-corrected chi connectivity index (χ0v) is 15.0. The van der Waals surface area contributed by atoms with Crippen molar-refractivity contribution < 1.29 is 9.47 Å². The highest BCUT2D eigenvalue weighted by Gasteiger charge is 2.52. The fraction of sp³-hybridized carbons (Fsp3) is 0.238. The first-order valence-electron chi connectivity index (χ1n) is 9.03. The summed E-state index contributed by atoms with van der Waals surface area (Å²) in [6, 6.07) is 11.6. The number of nitrogens with zero attached hydrogens (tertiary/aromatic N) is 2. The van der Waals surface area contributed by atoms with E-state index in [0.717, 1.165) is 42.2 Å². The molecule has 136 valence electrons. The summed E-state index contributed by atoms with van der Waals surface area (Å²) in [5.74, 6) is 2.94. The van der Waals surface area contributed by atoms with Gasteiger partial charge in [-0.05, 0) is 49.6 Å². The largest absolute Gasteiger partial charge is 0.492 e. The summed E-state index contributed by atoms with van der Waals surface area (Å²) in [5.41, 5.74) is 9.82. The molecule has 1 aromatic carbocycles. The highest BCUT2D eigenvalue weighted by molar-refractivity contribution is 5.70. The minimum Gasteiger partial charge on any atom is -0.492 e. The van der Waals surface area contributed by atoms with Gasteiger partial charge in [0.15, 0.2) is 5.82 Å². The molecule has 27 heavy (non-hydrogen) atoms. The molecule has 6 nitrogen and oxygen atoms in total. The van der Waals surface area contributed by atoms with Crippen LogP contribution in [0, 0.1) is 6.92 Å². The van der Waals surface area contributed by atoms with Crippen LogP contribution in [-0.2, 0) is 5.41 Å². The Hall–Kier alpha value is -3.28. The van der Waals surface area contributed by atoms with Crippen molar-refractivity contribution in [3.05, 3.63) is 59.9 Å². The summed E-state index contributed by atoms with van der Waals surface area (Å²) in [6.07, 6.45) is 5.75. The summed E-state index contributed by atoms with van der Waals surface area (Å²) in [7, 11) is 0. The molecule has 0 radical (unpaired) electrons. The van der Waals surface area contributed by atoms with E-state index in [2.05, 4.69) is 15.3 Å². The lowest BCUT2D eigenvalue weighted by Gasteiger charge is -2.13. The molecule has 0 atom stereocenters. The van der Waals surface area contributed by atoms with E-state index in [1.807, 2.05) is 43.3 Å². The lowest BCUT2D eigenvalue weighted by Crippen LogP contribution is -2.08. The number of nitrogen functional groups attached to an aromatic ring is 1. The van der Waals surface area contributed by atoms with Crippen molar-refractivity contribution in [2.24, 2.45) is 0 Å². The molecule has 6 heteroatoms. The lowest BCUT2D eigenvalue weighted by atomic mass is 9.97. The van der Waals surface area contributed by atoms with Crippen LogP contribution in [0.15, 0.2) is 48.8 Å². The first-order chi connectivity index (χ1) is 13.1. The van der Waals surface area contributed by atoms with Crippen LogP contribution in [-0.4, -0.2) is 16.6 Å². The third-order valence-electron chi connectivity index (χ3n) is 5.30. The highest BCUT2D eigenvalue weighted by atomic mass is 16.5. The summed E-state index contributed by atoms with van der Waals surface area (Å²) in [5, 5.41) is 3.19. The van der Waals surface area contributed by atoms with Gasteiger partial charge in [-0.1, -0.05) is 6.07 Å². The maximum absolute atomic E-state index is 6.09. The van der Waals surface area contributed by atoms with Crippen LogP contribution in [0.3, 0.4) is 0 Å². The zero-order valence-electron chi connectivity index (χ0n) is 15.0. The first kappa shape index (κ1) is 15.9. The third-order valence-corrected chi connectivity index (χ3v) is 5.30. The van der Waals surface area contributed by atoms with Gasteiger partial charge < -0.3 is 20.5 Å². The standard InChI is InChI=1S/C21H20N4O2/c1-13-7-10-23-20(19(13)22)25-14-5-6-17(24-11-14)27-16-4-2-3-15-18(16)21(8-9-21)12-26-15/h2-7,10-11H,8-9,12,22H2,1H3,(H,23,25). The van der Waals surface area contributed by atoms with E-state index in [-0.39, 0.29) is 5.41 Å². The number of fused-ring (bicyclic) bond motifs is 2. The normalized spacial score (nSPS) is 15.9. The molecule has 3 heterocycles. The number of benzene rings is 1. The molecule has 5 rings (SSSR count). The number of pyridine rings is 2. The van der Waals surface area contributed by atoms with Crippen molar-refractivity contribution in [3.63, 3.8) is 0 Å². The number of hydrogen-bond acceptors (Lipinski definition) is 6. The smallest absolute Gasteiger partial charge is 0.219 e. The number of nitrogens with one attached hydrogen (secondary N) is 1. The number of aryl methyl sites for hydroxylation is 1.